The van der Waals surface area contributed by atoms with Crippen molar-refractivity contribution in [1.29, 1.82) is 0 Å². The van der Waals surface area contributed by atoms with Gasteiger partial charge in [-0.2, -0.15) is 0 Å². The average molecular weight is 296 g/mol. The summed E-state index contributed by atoms with van der Waals surface area (Å²) in [5.74, 6) is 0. The van der Waals surface area contributed by atoms with Crippen LogP contribution in [0.15, 0.2) is 54.9 Å². The zero-order valence-corrected chi connectivity index (χ0v) is 12.3. The van der Waals surface area contributed by atoms with Gasteiger partial charge in [0.2, 0.25) is 0 Å². The lowest BCUT2D eigenvalue weighted by molar-refractivity contribution is 1.21. The Bertz CT molecular complexity index is 782. The molecule has 0 aliphatic heterocycles. The summed E-state index contributed by atoms with van der Waals surface area (Å²) in [5.41, 5.74) is 11.0. The minimum Gasteiger partial charge on any atom is -0.399 e. The van der Waals surface area contributed by atoms with Gasteiger partial charge in [0.05, 0.1) is 16.4 Å². The molecule has 0 fully saturated rings. The van der Waals surface area contributed by atoms with Crippen LogP contribution in [0.5, 0.6) is 0 Å². The van der Waals surface area contributed by atoms with Crippen molar-refractivity contribution < 1.29 is 0 Å². The smallest absolute Gasteiger partial charge is 0.0980 e. The van der Waals surface area contributed by atoms with Crippen molar-refractivity contribution in [3.63, 3.8) is 0 Å². The summed E-state index contributed by atoms with van der Waals surface area (Å²) in [6.07, 6.45) is 3.35. The molecule has 3 rings (SSSR count). The third kappa shape index (κ3) is 2.73. The molecule has 1 heterocycles. The van der Waals surface area contributed by atoms with Gasteiger partial charge in [-0.1, -0.05) is 35.9 Å². The number of nitrogens with two attached hydrogens (primary N) is 1. The number of aromatic nitrogens is 2. The summed E-state index contributed by atoms with van der Waals surface area (Å²) in [6, 6.07) is 13.5. The number of nitrogens with zero attached hydrogens (tertiary/aromatic N) is 2. The largest absolute Gasteiger partial charge is 0.399 e. The molecule has 3 aromatic rings. The summed E-state index contributed by atoms with van der Waals surface area (Å²) in [6.45, 7) is 2.01. The maximum Gasteiger partial charge on any atom is 0.0980 e. The quantitative estimate of drug-likeness (QED) is 0.715. The van der Waals surface area contributed by atoms with E-state index in [0.717, 1.165) is 33.8 Å². The molecule has 0 unspecified atom stereocenters. The molecule has 0 radical (unpaired) electrons. The maximum absolute atomic E-state index is 6.36. The Morgan fingerprint density at radius 1 is 0.905 bits per heavy atom. The predicted octanol–water partition coefficient (Wildman–Crippen LogP) is 4.35. The fourth-order valence-electron chi connectivity index (χ4n) is 2.20. The number of hydrogen-bond donors (Lipinski definition) is 1. The van der Waals surface area contributed by atoms with E-state index in [1.54, 1.807) is 12.4 Å². The number of hydrogen-bond acceptors (Lipinski definition) is 3. The molecule has 2 aromatic carbocycles. The van der Waals surface area contributed by atoms with E-state index < -0.39 is 0 Å². The van der Waals surface area contributed by atoms with Crippen molar-refractivity contribution in [3.8, 4) is 22.5 Å². The van der Waals surface area contributed by atoms with Crippen LogP contribution in [0.1, 0.15) is 5.56 Å². The molecule has 0 bridgehead atoms. The molecule has 104 valence electrons. The van der Waals surface area contributed by atoms with Gasteiger partial charge in [-0.25, -0.2) is 0 Å². The third-order valence-corrected chi connectivity index (χ3v) is 3.57. The van der Waals surface area contributed by atoms with E-state index in [0.29, 0.717) is 5.02 Å². The first-order chi connectivity index (χ1) is 10.1. The molecule has 0 aliphatic rings. The second kappa shape index (κ2) is 5.54. The van der Waals surface area contributed by atoms with Crippen LogP contribution >= 0.6 is 11.6 Å². The van der Waals surface area contributed by atoms with Crippen LogP contribution in [-0.2, 0) is 0 Å². The molecule has 4 heteroatoms. The average Bonchev–Trinajstić information content (AvgIpc) is 2.48. The van der Waals surface area contributed by atoms with Crippen LogP contribution in [0.2, 0.25) is 5.02 Å². The molecule has 3 nitrogen and oxygen atoms in total. The Labute approximate surface area is 128 Å². The van der Waals surface area contributed by atoms with Crippen molar-refractivity contribution >= 4 is 17.3 Å². The lowest BCUT2D eigenvalue weighted by atomic mass is 10.0. The van der Waals surface area contributed by atoms with E-state index in [-0.39, 0.29) is 0 Å². The fourth-order valence-corrected chi connectivity index (χ4v) is 2.52. The lowest BCUT2D eigenvalue weighted by Crippen LogP contribution is -1.94. The molecule has 0 atom stereocenters. The van der Waals surface area contributed by atoms with Crippen LogP contribution in [0.4, 0.5) is 5.69 Å². The van der Waals surface area contributed by atoms with Gasteiger partial charge in [-0.05, 0) is 30.7 Å². The second-order valence-corrected chi connectivity index (χ2v) is 5.27. The van der Waals surface area contributed by atoms with Gasteiger partial charge in [0.15, 0.2) is 0 Å². The Kier molecular flexibility index (Phi) is 3.59. The van der Waals surface area contributed by atoms with Gasteiger partial charge >= 0.3 is 0 Å². The summed E-state index contributed by atoms with van der Waals surface area (Å²) in [7, 11) is 0. The number of halogens is 1. The zero-order valence-electron chi connectivity index (χ0n) is 11.5. The van der Waals surface area contributed by atoms with Crippen molar-refractivity contribution in [2.75, 3.05) is 5.73 Å². The van der Waals surface area contributed by atoms with E-state index >= 15 is 0 Å². The Morgan fingerprint density at radius 3 is 2.24 bits per heavy atom. The van der Waals surface area contributed by atoms with Gasteiger partial charge in [0.25, 0.3) is 0 Å². The highest BCUT2D eigenvalue weighted by molar-refractivity contribution is 6.33. The number of benzene rings is 2. The van der Waals surface area contributed by atoms with Crippen LogP contribution < -0.4 is 5.73 Å². The van der Waals surface area contributed by atoms with E-state index in [1.807, 2.05) is 49.4 Å². The first kappa shape index (κ1) is 13.6. The zero-order chi connectivity index (χ0) is 14.8. The predicted molar refractivity (Wildman–Crippen MR) is 87.1 cm³/mol. The number of nitrogen functional groups attached to an aromatic ring is 1. The monoisotopic (exact) mass is 295 g/mol. The van der Waals surface area contributed by atoms with E-state index in [1.165, 1.54) is 0 Å². The standard InChI is InChI=1S/C17H14ClN3/c1-11-2-7-14(15(18)10-11)17-16(20-8-9-21-17)12-3-5-13(19)6-4-12/h2-10H,19H2,1H3. The molecule has 1 aromatic heterocycles. The molecular weight excluding hydrogens is 282 g/mol. The van der Waals surface area contributed by atoms with Crippen molar-refractivity contribution in [1.82, 2.24) is 9.97 Å². The third-order valence-electron chi connectivity index (χ3n) is 3.26. The number of rotatable bonds is 2. The van der Waals surface area contributed by atoms with E-state index in [4.69, 9.17) is 17.3 Å². The van der Waals surface area contributed by atoms with Crippen molar-refractivity contribution in [2.24, 2.45) is 0 Å². The highest BCUT2D eigenvalue weighted by atomic mass is 35.5. The molecule has 21 heavy (non-hydrogen) atoms. The Balaban J connectivity index is 2.18. The highest BCUT2D eigenvalue weighted by Crippen LogP contribution is 2.33. The molecule has 0 spiro atoms. The van der Waals surface area contributed by atoms with Crippen LogP contribution in [-0.4, -0.2) is 9.97 Å². The minimum atomic E-state index is 0.673. The van der Waals surface area contributed by atoms with Crippen LogP contribution in [0.3, 0.4) is 0 Å². The topological polar surface area (TPSA) is 51.8 Å². The first-order valence-corrected chi connectivity index (χ1v) is 6.96. The van der Waals surface area contributed by atoms with Crippen molar-refractivity contribution in [2.45, 2.75) is 6.92 Å². The normalized spacial score (nSPS) is 10.6. The van der Waals surface area contributed by atoms with Crippen LogP contribution in [0.25, 0.3) is 22.5 Å². The molecule has 0 saturated heterocycles. The minimum absolute atomic E-state index is 0.673. The van der Waals surface area contributed by atoms with Gasteiger partial charge in [-0.3, -0.25) is 9.97 Å². The molecule has 0 saturated carbocycles. The molecular formula is C17H14ClN3. The van der Waals surface area contributed by atoms with E-state index in [9.17, 15) is 0 Å². The van der Waals surface area contributed by atoms with Gasteiger partial charge in [-0.15, -0.1) is 0 Å². The summed E-state index contributed by atoms with van der Waals surface area (Å²) in [4.78, 5) is 8.92. The SMILES string of the molecule is Cc1ccc(-c2nccnc2-c2ccc(N)cc2)c(Cl)c1. The Hall–Kier alpha value is -2.39. The summed E-state index contributed by atoms with van der Waals surface area (Å²) >= 11 is 6.36. The van der Waals surface area contributed by atoms with Gasteiger partial charge in [0.1, 0.15) is 0 Å². The first-order valence-electron chi connectivity index (χ1n) is 6.58. The maximum atomic E-state index is 6.36. The van der Waals surface area contributed by atoms with Gasteiger partial charge < -0.3 is 5.73 Å². The molecule has 2 N–H and O–H groups in total. The second-order valence-electron chi connectivity index (χ2n) is 4.86. The van der Waals surface area contributed by atoms with Crippen LogP contribution in [0, 0.1) is 6.92 Å². The van der Waals surface area contributed by atoms with E-state index in [2.05, 4.69) is 9.97 Å². The fraction of sp³-hybridized carbons (Fsp3) is 0.0588. The lowest BCUT2D eigenvalue weighted by Gasteiger charge is -2.10. The highest BCUT2D eigenvalue weighted by Gasteiger charge is 2.13. The summed E-state index contributed by atoms with van der Waals surface area (Å²) < 4.78 is 0. The summed E-state index contributed by atoms with van der Waals surface area (Å²) in [5, 5.41) is 0.673. The Morgan fingerprint density at radius 2 is 1.57 bits per heavy atom. The molecule has 0 amide bonds. The number of aryl methyl sites for hydroxylation is 1. The van der Waals surface area contributed by atoms with Gasteiger partial charge in [0, 0.05) is 29.2 Å². The number of anilines is 1. The van der Waals surface area contributed by atoms with Crippen molar-refractivity contribution in [3.05, 3.63) is 65.4 Å². The molecule has 0 aliphatic carbocycles.